The van der Waals surface area contributed by atoms with Crippen molar-refractivity contribution in [1.29, 1.82) is 0 Å². The molecule has 3 heteroatoms. The standard InChI is InChI=1S/C11H13NO2/c1-12-8-10-5-3-2-4-9(10)6-7-11(13)14/h2-7,12H,8H2,1H3,(H,13,14). The first-order valence-electron chi connectivity index (χ1n) is 4.37. The first-order valence-corrected chi connectivity index (χ1v) is 4.37. The molecular weight excluding hydrogens is 178 g/mol. The summed E-state index contributed by atoms with van der Waals surface area (Å²) in [5, 5.41) is 11.5. The van der Waals surface area contributed by atoms with Crippen molar-refractivity contribution in [2.75, 3.05) is 7.05 Å². The van der Waals surface area contributed by atoms with Crippen LogP contribution in [0.1, 0.15) is 11.1 Å². The van der Waals surface area contributed by atoms with Gasteiger partial charge in [0, 0.05) is 12.6 Å². The second kappa shape index (κ2) is 5.19. The number of hydrogen-bond donors (Lipinski definition) is 2. The van der Waals surface area contributed by atoms with Crippen molar-refractivity contribution in [2.24, 2.45) is 0 Å². The third-order valence-corrected chi connectivity index (χ3v) is 1.83. The number of carbonyl (C=O) groups is 1. The Morgan fingerprint density at radius 2 is 2.21 bits per heavy atom. The Hall–Kier alpha value is -1.61. The van der Waals surface area contributed by atoms with Crippen molar-refractivity contribution in [3.8, 4) is 0 Å². The number of carboxylic acid groups (broad SMARTS) is 1. The van der Waals surface area contributed by atoms with Crippen molar-refractivity contribution in [1.82, 2.24) is 5.32 Å². The van der Waals surface area contributed by atoms with Gasteiger partial charge in [-0.3, -0.25) is 0 Å². The monoisotopic (exact) mass is 191 g/mol. The van der Waals surface area contributed by atoms with E-state index in [2.05, 4.69) is 5.32 Å². The summed E-state index contributed by atoms with van der Waals surface area (Å²) >= 11 is 0. The average Bonchev–Trinajstić information content (AvgIpc) is 2.17. The minimum absolute atomic E-state index is 0.736. The van der Waals surface area contributed by atoms with Gasteiger partial charge in [-0.15, -0.1) is 0 Å². The van der Waals surface area contributed by atoms with Gasteiger partial charge in [0.1, 0.15) is 0 Å². The number of benzene rings is 1. The Bertz CT molecular complexity index is 345. The molecule has 1 aromatic rings. The van der Waals surface area contributed by atoms with Crippen LogP contribution in [-0.2, 0) is 11.3 Å². The molecule has 0 atom stereocenters. The highest BCUT2D eigenvalue weighted by molar-refractivity contribution is 5.85. The summed E-state index contributed by atoms with van der Waals surface area (Å²) in [6.07, 6.45) is 2.75. The smallest absolute Gasteiger partial charge is 0.328 e. The lowest BCUT2D eigenvalue weighted by atomic mass is 10.1. The molecular formula is C11H13NO2. The molecule has 0 spiro atoms. The van der Waals surface area contributed by atoms with Crippen LogP contribution in [0.2, 0.25) is 0 Å². The molecule has 0 aliphatic rings. The van der Waals surface area contributed by atoms with Crippen LogP contribution in [0.4, 0.5) is 0 Å². The van der Waals surface area contributed by atoms with Crippen LogP contribution in [0.5, 0.6) is 0 Å². The van der Waals surface area contributed by atoms with Gasteiger partial charge in [0.15, 0.2) is 0 Å². The van der Waals surface area contributed by atoms with E-state index in [-0.39, 0.29) is 0 Å². The van der Waals surface area contributed by atoms with Gasteiger partial charge in [0.05, 0.1) is 0 Å². The van der Waals surface area contributed by atoms with Crippen LogP contribution < -0.4 is 5.32 Å². The molecule has 0 unspecified atom stereocenters. The molecule has 0 saturated carbocycles. The zero-order valence-corrected chi connectivity index (χ0v) is 8.03. The Labute approximate surface area is 83.1 Å². The summed E-state index contributed by atoms with van der Waals surface area (Å²) < 4.78 is 0. The predicted octanol–water partition coefficient (Wildman–Crippen LogP) is 1.50. The van der Waals surface area contributed by atoms with Crippen molar-refractivity contribution in [3.63, 3.8) is 0 Å². The van der Waals surface area contributed by atoms with Gasteiger partial charge < -0.3 is 10.4 Å². The lowest BCUT2D eigenvalue weighted by Gasteiger charge is -2.03. The number of nitrogens with one attached hydrogen (secondary N) is 1. The molecule has 0 aromatic heterocycles. The summed E-state index contributed by atoms with van der Waals surface area (Å²) in [4.78, 5) is 10.3. The predicted molar refractivity (Wildman–Crippen MR) is 55.9 cm³/mol. The minimum Gasteiger partial charge on any atom is -0.478 e. The number of carboxylic acids is 1. The van der Waals surface area contributed by atoms with Crippen LogP contribution in [0.3, 0.4) is 0 Å². The van der Waals surface area contributed by atoms with Gasteiger partial charge in [-0.1, -0.05) is 24.3 Å². The molecule has 0 radical (unpaired) electrons. The van der Waals surface area contributed by atoms with E-state index in [1.54, 1.807) is 6.08 Å². The van der Waals surface area contributed by atoms with Crippen LogP contribution in [0.15, 0.2) is 30.3 Å². The summed E-state index contributed by atoms with van der Waals surface area (Å²) in [6.45, 7) is 0.736. The van der Waals surface area contributed by atoms with Crippen molar-refractivity contribution in [2.45, 2.75) is 6.54 Å². The number of aliphatic carboxylic acids is 1. The first kappa shape index (κ1) is 10.5. The van der Waals surface area contributed by atoms with Crippen molar-refractivity contribution in [3.05, 3.63) is 41.5 Å². The van der Waals surface area contributed by atoms with E-state index in [0.29, 0.717) is 0 Å². The highest BCUT2D eigenvalue weighted by atomic mass is 16.4. The zero-order valence-electron chi connectivity index (χ0n) is 8.03. The highest BCUT2D eigenvalue weighted by Gasteiger charge is 1.96. The molecule has 1 rings (SSSR count). The van der Waals surface area contributed by atoms with Gasteiger partial charge in [-0.2, -0.15) is 0 Å². The van der Waals surface area contributed by atoms with Crippen LogP contribution >= 0.6 is 0 Å². The summed E-state index contributed by atoms with van der Waals surface area (Å²) in [7, 11) is 1.86. The topological polar surface area (TPSA) is 49.3 Å². The minimum atomic E-state index is -0.927. The first-order chi connectivity index (χ1) is 6.74. The van der Waals surface area contributed by atoms with Crippen LogP contribution in [-0.4, -0.2) is 18.1 Å². The average molecular weight is 191 g/mol. The molecule has 2 N–H and O–H groups in total. The summed E-state index contributed by atoms with van der Waals surface area (Å²) in [6, 6.07) is 7.69. The van der Waals surface area contributed by atoms with Gasteiger partial charge in [-0.25, -0.2) is 4.79 Å². The van der Waals surface area contributed by atoms with Crippen molar-refractivity contribution < 1.29 is 9.90 Å². The lowest BCUT2D eigenvalue weighted by Crippen LogP contribution is -2.06. The quantitative estimate of drug-likeness (QED) is 0.709. The van der Waals surface area contributed by atoms with E-state index in [1.165, 1.54) is 0 Å². The Morgan fingerprint density at radius 3 is 2.86 bits per heavy atom. The van der Waals surface area contributed by atoms with Crippen molar-refractivity contribution >= 4 is 12.0 Å². The molecule has 1 aromatic carbocycles. The Balaban J connectivity index is 2.89. The molecule has 0 heterocycles. The normalized spacial score (nSPS) is 10.6. The second-order valence-corrected chi connectivity index (χ2v) is 2.90. The fraction of sp³-hybridized carbons (Fsp3) is 0.182. The highest BCUT2D eigenvalue weighted by Crippen LogP contribution is 2.10. The maximum Gasteiger partial charge on any atom is 0.328 e. The van der Waals surface area contributed by atoms with E-state index in [1.807, 2.05) is 31.3 Å². The molecule has 0 amide bonds. The molecule has 0 saturated heterocycles. The molecule has 0 aliphatic carbocycles. The van der Waals surface area contributed by atoms with Gasteiger partial charge >= 0.3 is 5.97 Å². The maximum atomic E-state index is 10.3. The maximum absolute atomic E-state index is 10.3. The molecule has 0 bridgehead atoms. The molecule has 3 nitrogen and oxygen atoms in total. The van der Waals surface area contributed by atoms with E-state index in [0.717, 1.165) is 23.7 Å². The fourth-order valence-electron chi connectivity index (χ4n) is 1.21. The number of rotatable bonds is 4. The molecule has 0 fully saturated rings. The second-order valence-electron chi connectivity index (χ2n) is 2.90. The SMILES string of the molecule is CNCc1ccccc1C=CC(=O)O. The summed E-state index contributed by atoms with van der Waals surface area (Å²) in [5.74, 6) is -0.927. The lowest BCUT2D eigenvalue weighted by molar-refractivity contribution is -0.131. The van der Waals surface area contributed by atoms with E-state index < -0.39 is 5.97 Å². The third kappa shape index (κ3) is 3.03. The van der Waals surface area contributed by atoms with Gasteiger partial charge in [-0.05, 0) is 24.3 Å². The third-order valence-electron chi connectivity index (χ3n) is 1.83. The molecule has 0 aliphatic heterocycles. The van der Waals surface area contributed by atoms with Crippen LogP contribution in [0, 0.1) is 0 Å². The summed E-state index contributed by atoms with van der Waals surface area (Å²) in [5.41, 5.74) is 2.02. The zero-order chi connectivity index (χ0) is 10.4. The van der Waals surface area contributed by atoms with Gasteiger partial charge in [0.2, 0.25) is 0 Å². The van der Waals surface area contributed by atoms with E-state index in [9.17, 15) is 4.79 Å². The van der Waals surface area contributed by atoms with Gasteiger partial charge in [0.25, 0.3) is 0 Å². The van der Waals surface area contributed by atoms with E-state index in [4.69, 9.17) is 5.11 Å². The molecule has 14 heavy (non-hydrogen) atoms. The fourth-order valence-corrected chi connectivity index (χ4v) is 1.21. The number of hydrogen-bond acceptors (Lipinski definition) is 2. The molecule has 74 valence electrons. The Morgan fingerprint density at radius 1 is 1.50 bits per heavy atom. The largest absolute Gasteiger partial charge is 0.478 e. The van der Waals surface area contributed by atoms with Crippen LogP contribution in [0.25, 0.3) is 6.08 Å². The van der Waals surface area contributed by atoms with E-state index >= 15 is 0 Å². The Kier molecular flexibility index (Phi) is 3.88.